The van der Waals surface area contributed by atoms with E-state index in [4.69, 9.17) is 0 Å². The lowest BCUT2D eigenvalue weighted by atomic mass is 10.5. The zero-order valence-electron chi connectivity index (χ0n) is 7.65. The van der Waals surface area contributed by atoms with Gasteiger partial charge >= 0.3 is 0 Å². The van der Waals surface area contributed by atoms with Crippen molar-refractivity contribution in [1.29, 1.82) is 0 Å². The predicted octanol–water partition coefficient (Wildman–Crippen LogP) is 1.39. The quantitative estimate of drug-likeness (QED) is 0.688. The summed E-state index contributed by atoms with van der Waals surface area (Å²) in [5.74, 6) is 0.645. The zero-order valence-corrected chi connectivity index (χ0v) is 8.47. The molecular weight excluding hydrogens is 186 g/mol. The number of aryl methyl sites for hydroxylation is 1. The summed E-state index contributed by atoms with van der Waals surface area (Å²) in [6, 6.07) is 0. The van der Waals surface area contributed by atoms with E-state index >= 15 is 0 Å². The molecule has 13 heavy (non-hydrogen) atoms. The number of aromatic nitrogens is 2. The van der Waals surface area contributed by atoms with Gasteiger partial charge < -0.3 is 0 Å². The molecule has 0 saturated heterocycles. The standard InChI is InChI=1S/C8H11N3OS/c1-4-5-11(7(3)12)8-9-6(2)10-13-8/h4H,1,5H2,2-3H3. The number of hydrogen-bond donors (Lipinski definition) is 0. The van der Waals surface area contributed by atoms with Crippen LogP contribution in [0.2, 0.25) is 0 Å². The first-order chi connectivity index (χ1) is 6.15. The summed E-state index contributed by atoms with van der Waals surface area (Å²) in [5, 5.41) is 0.630. The Balaban J connectivity index is 2.87. The highest BCUT2D eigenvalue weighted by atomic mass is 32.1. The Morgan fingerprint density at radius 1 is 1.77 bits per heavy atom. The van der Waals surface area contributed by atoms with Gasteiger partial charge in [-0.25, -0.2) is 4.98 Å². The number of carbonyl (C=O) groups excluding carboxylic acids is 1. The molecule has 0 spiro atoms. The van der Waals surface area contributed by atoms with Crippen LogP contribution < -0.4 is 4.90 Å². The van der Waals surface area contributed by atoms with Gasteiger partial charge in [-0.3, -0.25) is 9.69 Å². The van der Waals surface area contributed by atoms with E-state index in [1.54, 1.807) is 13.0 Å². The second-order valence-electron chi connectivity index (χ2n) is 2.54. The molecule has 0 unspecified atom stereocenters. The third-order valence-corrected chi connectivity index (χ3v) is 2.27. The van der Waals surface area contributed by atoms with Gasteiger partial charge in [0.25, 0.3) is 0 Å². The molecule has 0 aliphatic rings. The van der Waals surface area contributed by atoms with Crippen molar-refractivity contribution < 1.29 is 4.79 Å². The monoisotopic (exact) mass is 197 g/mol. The summed E-state index contributed by atoms with van der Waals surface area (Å²) in [6.07, 6.45) is 1.66. The van der Waals surface area contributed by atoms with Crippen molar-refractivity contribution >= 4 is 22.6 Å². The average molecular weight is 197 g/mol. The summed E-state index contributed by atoms with van der Waals surface area (Å²) in [4.78, 5) is 16.8. The van der Waals surface area contributed by atoms with Gasteiger partial charge in [-0.05, 0) is 6.92 Å². The van der Waals surface area contributed by atoms with Crippen LogP contribution >= 0.6 is 11.5 Å². The third kappa shape index (κ3) is 2.35. The molecule has 0 saturated carbocycles. The average Bonchev–Trinajstić information content (AvgIpc) is 2.46. The van der Waals surface area contributed by atoms with E-state index in [1.807, 2.05) is 0 Å². The van der Waals surface area contributed by atoms with Crippen LogP contribution in [0.25, 0.3) is 0 Å². The van der Waals surface area contributed by atoms with Crippen LogP contribution in [0, 0.1) is 6.92 Å². The first-order valence-electron chi connectivity index (χ1n) is 3.84. The minimum Gasteiger partial charge on any atom is -0.283 e. The van der Waals surface area contributed by atoms with E-state index in [0.29, 0.717) is 17.5 Å². The maximum atomic E-state index is 11.2. The minimum absolute atomic E-state index is 0.0453. The molecule has 0 aliphatic carbocycles. The van der Waals surface area contributed by atoms with E-state index in [1.165, 1.54) is 23.4 Å². The molecule has 0 atom stereocenters. The summed E-state index contributed by atoms with van der Waals surface area (Å²) < 4.78 is 4.00. The van der Waals surface area contributed by atoms with Crippen molar-refractivity contribution in [2.24, 2.45) is 0 Å². The van der Waals surface area contributed by atoms with Crippen LogP contribution in [-0.2, 0) is 4.79 Å². The van der Waals surface area contributed by atoms with E-state index in [2.05, 4.69) is 15.9 Å². The van der Waals surface area contributed by atoms with Crippen LogP contribution in [0.5, 0.6) is 0 Å². The fraction of sp³-hybridized carbons (Fsp3) is 0.375. The molecular formula is C8H11N3OS. The molecule has 70 valence electrons. The lowest BCUT2D eigenvalue weighted by Gasteiger charge is -2.13. The van der Waals surface area contributed by atoms with Crippen LogP contribution in [0.1, 0.15) is 12.7 Å². The highest BCUT2D eigenvalue weighted by molar-refractivity contribution is 7.09. The first-order valence-corrected chi connectivity index (χ1v) is 4.61. The Bertz CT molecular complexity index is 321. The first kappa shape index (κ1) is 9.85. The Morgan fingerprint density at radius 2 is 2.46 bits per heavy atom. The smallest absolute Gasteiger partial charge is 0.225 e. The molecule has 4 nitrogen and oxygen atoms in total. The summed E-state index contributed by atoms with van der Waals surface area (Å²) in [7, 11) is 0. The molecule has 0 fully saturated rings. The van der Waals surface area contributed by atoms with E-state index in [0.717, 1.165) is 0 Å². The number of amides is 1. The van der Waals surface area contributed by atoms with E-state index in [9.17, 15) is 4.79 Å². The summed E-state index contributed by atoms with van der Waals surface area (Å²) in [5.41, 5.74) is 0. The van der Waals surface area contributed by atoms with Crippen molar-refractivity contribution in [3.8, 4) is 0 Å². The molecule has 0 N–H and O–H groups in total. The maximum absolute atomic E-state index is 11.2. The van der Waals surface area contributed by atoms with Crippen LogP contribution in [-0.4, -0.2) is 21.8 Å². The molecule has 1 amide bonds. The zero-order chi connectivity index (χ0) is 9.84. The number of anilines is 1. The number of rotatable bonds is 3. The lowest BCUT2D eigenvalue weighted by Crippen LogP contribution is -2.28. The van der Waals surface area contributed by atoms with Crippen molar-refractivity contribution in [3.05, 3.63) is 18.5 Å². The van der Waals surface area contributed by atoms with Gasteiger partial charge in [0.15, 0.2) is 0 Å². The second kappa shape index (κ2) is 4.13. The van der Waals surface area contributed by atoms with Gasteiger partial charge in [0, 0.05) is 25.0 Å². The molecule has 0 bridgehead atoms. The van der Waals surface area contributed by atoms with Gasteiger partial charge in [-0.2, -0.15) is 4.37 Å². The Hall–Kier alpha value is -1.23. The SMILES string of the molecule is C=CCN(C(C)=O)c1nc(C)ns1. The topological polar surface area (TPSA) is 46.1 Å². The van der Waals surface area contributed by atoms with Crippen molar-refractivity contribution in [1.82, 2.24) is 9.36 Å². The fourth-order valence-corrected chi connectivity index (χ4v) is 1.60. The summed E-state index contributed by atoms with van der Waals surface area (Å²) in [6.45, 7) is 7.35. The van der Waals surface area contributed by atoms with Gasteiger partial charge in [-0.15, -0.1) is 6.58 Å². The minimum atomic E-state index is -0.0453. The highest BCUT2D eigenvalue weighted by Gasteiger charge is 2.13. The van der Waals surface area contributed by atoms with Gasteiger partial charge in [0.05, 0.1) is 0 Å². The molecule has 1 heterocycles. The lowest BCUT2D eigenvalue weighted by molar-refractivity contribution is -0.116. The highest BCUT2D eigenvalue weighted by Crippen LogP contribution is 2.16. The van der Waals surface area contributed by atoms with Crippen molar-refractivity contribution in [2.75, 3.05) is 11.4 Å². The van der Waals surface area contributed by atoms with Crippen LogP contribution in [0.4, 0.5) is 5.13 Å². The molecule has 0 aromatic carbocycles. The molecule has 1 aromatic heterocycles. The maximum Gasteiger partial charge on any atom is 0.225 e. The van der Waals surface area contributed by atoms with E-state index in [-0.39, 0.29) is 5.91 Å². The fourth-order valence-electron chi connectivity index (χ4n) is 0.866. The Morgan fingerprint density at radius 3 is 2.85 bits per heavy atom. The van der Waals surface area contributed by atoms with Crippen LogP contribution in [0.15, 0.2) is 12.7 Å². The molecule has 1 rings (SSSR count). The van der Waals surface area contributed by atoms with Crippen LogP contribution in [0.3, 0.4) is 0 Å². The largest absolute Gasteiger partial charge is 0.283 e. The Kier molecular flexibility index (Phi) is 3.13. The summed E-state index contributed by atoms with van der Waals surface area (Å²) >= 11 is 1.22. The molecule has 5 heteroatoms. The second-order valence-corrected chi connectivity index (χ2v) is 3.27. The van der Waals surface area contributed by atoms with Gasteiger partial charge in [0.2, 0.25) is 11.0 Å². The van der Waals surface area contributed by atoms with Crippen molar-refractivity contribution in [2.45, 2.75) is 13.8 Å². The predicted molar refractivity (Wildman–Crippen MR) is 52.9 cm³/mol. The number of carbonyl (C=O) groups is 1. The van der Waals surface area contributed by atoms with Crippen molar-refractivity contribution in [3.63, 3.8) is 0 Å². The Labute approximate surface area is 81.1 Å². The third-order valence-electron chi connectivity index (χ3n) is 1.44. The molecule has 1 aromatic rings. The number of nitrogens with zero attached hydrogens (tertiary/aromatic N) is 3. The molecule has 0 aliphatic heterocycles. The van der Waals surface area contributed by atoms with Gasteiger partial charge in [-0.1, -0.05) is 6.08 Å². The number of hydrogen-bond acceptors (Lipinski definition) is 4. The van der Waals surface area contributed by atoms with Gasteiger partial charge in [0.1, 0.15) is 5.82 Å². The molecule has 0 radical (unpaired) electrons. The van der Waals surface area contributed by atoms with E-state index < -0.39 is 0 Å². The normalized spacial score (nSPS) is 9.69.